The second-order valence-electron chi connectivity index (χ2n) is 10.2. The van der Waals surface area contributed by atoms with E-state index in [0.717, 1.165) is 21.2 Å². The van der Waals surface area contributed by atoms with E-state index in [4.69, 9.17) is 24.3 Å². The van der Waals surface area contributed by atoms with Crippen molar-refractivity contribution in [3.05, 3.63) is 130 Å². The molecule has 0 spiro atoms. The molecule has 2 atom stereocenters. The summed E-state index contributed by atoms with van der Waals surface area (Å²) in [5.74, 6) is 0.930. The number of amides is 1. The van der Waals surface area contributed by atoms with Crippen LogP contribution >= 0.6 is 15.9 Å². The topological polar surface area (TPSA) is 89.4 Å². The first kappa shape index (κ1) is 30.3. The van der Waals surface area contributed by atoms with Crippen LogP contribution < -0.4 is 14.8 Å². The average Bonchev–Trinajstić information content (AvgIpc) is 3.42. The van der Waals surface area contributed by atoms with E-state index < -0.39 is 11.6 Å². The van der Waals surface area contributed by atoms with Gasteiger partial charge in [0.2, 0.25) is 5.90 Å². The van der Waals surface area contributed by atoms with Gasteiger partial charge in [-0.2, -0.15) is 0 Å². The van der Waals surface area contributed by atoms with Gasteiger partial charge in [-0.1, -0.05) is 52.3 Å². The average molecular weight is 648 g/mol. The standard InChI is InChI=1S/C34H32BrFN2O5/c1-41-30-5-2-4-26(20-30)31-34(21-23-6-12-27(35)13-7-23,33(40)37-22-24-8-14-28(36)15-9-24)38-32(43-31)25-10-16-29(17-11-25)42-19-3-18-39/h2,4-17,20,31,39H,3,18-19,21-22H2,1H3,(H,37,40)/t31-,34-/m1/s1. The number of benzene rings is 4. The summed E-state index contributed by atoms with van der Waals surface area (Å²) in [6.07, 6.45) is 0.00391. The fraction of sp³-hybridized carbons (Fsp3) is 0.235. The minimum absolute atomic E-state index is 0.0536. The van der Waals surface area contributed by atoms with E-state index in [1.807, 2.05) is 72.8 Å². The maximum Gasteiger partial charge on any atom is 0.252 e. The van der Waals surface area contributed by atoms with Gasteiger partial charge in [-0.05, 0) is 77.4 Å². The number of hydrogen-bond acceptors (Lipinski definition) is 6. The zero-order valence-corrected chi connectivity index (χ0v) is 25.2. The van der Waals surface area contributed by atoms with Crippen molar-refractivity contribution in [3.8, 4) is 11.5 Å². The molecule has 7 nitrogen and oxygen atoms in total. The van der Waals surface area contributed by atoms with E-state index in [0.29, 0.717) is 36.0 Å². The second kappa shape index (κ2) is 13.8. The normalized spacial score (nSPS) is 17.6. The Balaban J connectivity index is 1.56. The number of carbonyl (C=O) groups excluding carboxylic acids is 1. The molecule has 1 amide bonds. The number of aliphatic imine (C=N–C) groups is 1. The van der Waals surface area contributed by atoms with E-state index in [1.165, 1.54) is 12.1 Å². The Morgan fingerprint density at radius 1 is 1.00 bits per heavy atom. The molecule has 0 radical (unpaired) electrons. The van der Waals surface area contributed by atoms with Crippen LogP contribution in [-0.2, 0) is 22.5 Å². The SMILES string of the molecule is COc1cccc([C@H]2OC(c3ccc(OCCCO)cc3)=N[C@@]2(Cc2ccc(Br)cc2)C(=O)NCc2ccc(F)cc2)c1. The number of hydrogen-bond donors (Lipinski definition) is 2. The summed E-state index contributed by atoms with van der Waals surface area (Å²) in [5, 5.41) is 12.1. The first-order valence-corrected chi connectivity index (χ1v) is 14.7. The maximum atomic E-state index is 14.3. The van der Waals surface area contributed by atoms with Crippen molar-refractivity contribution in [2.24, 2.45) is 4.99 Å². The highest BCUT2D eigenvalue weighted by atomic mass is 79.9. The van der Waals surface area contributed by atoms with Crippen LogP contribution in [-0.4, -0.2) is 42.8 Å². The number of rotatable bonds is 12. The number of methoxy groups -OCH3 is 1. The van der Waals surface area contributed by atoms with E-state index in [2.05, 4.69) is 21.2 Å². The quantitative estimate of drug-likeness (QED) is 0.180. The minimum Gasteiger partial charge on any atom is -0.497 e. The van der Waals surface area contributed by atoms with E-state index in [-0.39, 0.29) is 31.3 Å². The molecular weight excluding hydrogens is 615 g/mol. The summed E-state index contributed by atoms with van der Waals surface area (Å²) < 4.78 is 32.2. The third kappa shape index (κ3) is 7.24. The lowest BCUT2D eigenvalue weighted by Crippen LogP contribution is -2.49. The molecule has 9 heteroatoms. The Kier molecular flexibility index (Phi) is 9.74. The van der Waals surface area contributed by atoms with Crippen LogP contribution in [0.4, 0.5) is 4.39 Å². The molecule has 0 bridgehead atoms. The predicted octanol–water partition coefficient (Wildman–Crippen LogP) is 6.17. The monoisotopic (exact) mass is 646 g/mol. The summed E-state index contributed by atoms with van der Waals surface area (Å²) >= 11 is 3.49. The van der Waals surface area contributed by atoms with Crippen molar-refractivity contribution in [2.45, 2.75) is 31.0 Å². The smallest absolute Gasteiger partial charge is 0.252 e. The van der Waals surface area contributed by atoms with Gasteiger partial charge in [0, 0.05) is 36.0 Å². The van der Waals surface area contributed by atoms with Gasteiger partial charge in [-0.25, -0.2) is 9.38 Å². The zero-order chi connectivity index (χ0) is 30.2. The van der Waals surface area contributed by atoms with E-state index in [1.54, 1.807) is 19.2 Å². The molecule has 2 N–H and O–H groups in total. The summed E-state index contributed by atoms with van der Waals surface area (Å²) in [6, 6.07) is 28.5. The van der Waals surface area contributed by atoms with Crippen LogP contribution in [0.2, 0.25) is 0 Å². The third-order valence-corrected chi connectivity index (χ3v) is 7.71. The lowest BCUT2D eigenvalue weighted by Gasteiger charge is -2.31. The fourth-order valence-electron chi connectivity index (χ4n) is 4.94. The molecule has 0 saturated heterocycles. The highest BCUT2D eigenvalue weighted by molar-refractivity contribution is 9.10. The van der Waals surface area contributed by atoms with Crippen LogP contribution in [0.3, 0.4) is 0 Å². The Morgan fingerprint density at radius 2 is 1.72 bits per heavy atom. The second-order valence-corrected chi connectivity index (χ2v) is 11.1. The van der Waals surface area contributed by atoms with Gasteiger partial charge in [-0.15, -0.1) is 0 Å². The molecule has 1 heterocycles. The largest absolute Gasteiger partial charge is 0.497 e. The number of nitrogens with zero attached hydrogens (tertiary/aromatic N) is 1. The Morgan fingerprint density at radius 3 is 2.42 bits per heavy atom. The lowest BCUT2D eigenvalue weighted by atomic mass is 9.82. The van der Waals surface area contributed by atoms with Crippen molar-refractivity contribution < 1.29 is 28.5 Å². The first-order valence-electron chi connectivity index (χ1n) is 13.9. The van der Waals surface area contributed by atoms with E-state index in [9.17, 15) is 9.18 Å². The van der Waals surface area contributed by atoms with Crippen LogP contribution in [0, 0.1) is 5.82 Å². The van der Waals surface area contributed by atoms with Crippen LogP contribution in [0.15, 0.2) is 107 Å². The maximum absolute atomic E-state index is 14.3. The minimum atomic E-state index is -1.38. The van der Waals surface area contributed by atoms with Gasteiger partial charge in [0.25, 0.3) is 5.91 Å². The molecular formula is C34H32BrFN2O5. The van der Waals surface area contributed by atoms with Gasteiger partial charge in [0.05, 0.1) is 13.7 Å². The highest BCUT2D eigenvalue weighted by Crippen LogP contribution is 2.43. The fourth-order valence-corrected chi connectivity index (χ4v) is 5.20. The first-order chi connectivity index (χ1) is 20.9. The van der Waals surface area contributed by atoms with Crippen molar-refractivity contribution in [3.63, 3.8) is 0 Å². The van der Waals surface area contributed by atoms with Gasteiger partial charge in [-0.3, -0.25) is 4.79 Å². The van der Waals surface area contributed by atoms with Gasteiger partial charge in [0.1, 0.15) is 17.3 Å². The number of carbonyl (C=O) groups is 1. The van der Waals surface area contributed by atoms with Crippen molar-refractivity contribution in [2.75, 3.05) is 20.3 Å². The molecule has 222 valence electrons. The van der Waals surface area contributed by atoms with E-state index >= 15 is 0 Å². The van der Waals surface area contributed by atoms with Gasteiger partial charge in [0.15, 0.2) is 11.6 Å². The molecule has 0 unspecified atom stereocenters. The zero-order valence-electron chi connectivity index (χ0n) is 23.6. The lowest BCUT2D eigenvalue weighted by molar-refractivity contribution is -0.129. The molecule has 4 aromatic rings. The number of aliphatic hydroxyl groups excluding tert-OH is 1. The van der Waals surface area contributed by atoms with Gasteiger partial charge >= 0.3 is 0 Å². The molecule has 4 aromatic carbocycles. The van der Waals surface area contributed by atoms with Crippen molar-refractivity contribution >= 4 is 27.7 Å². The Labute approximate surface area is 258 Å². The summed E-state index contributed by atoms with van der Waals surface area (Å²) in [7, 11) is 1.59. The van der Waals surface area contributed by atoms with Crippen LogP contribution in [0.5, 0.6) is 11.5 Å². The molecule has 0 aliphatic carbocycles. The Bertz CT molecular complexity index is 1560. The van der Waals surface area contributed by atoms with Crippen molar-refractivity contribution in [1.29, 1.82) is 0 Å². The van der Waals surface area contributed by atoms with Crippen LogP contribution in [0.25, 0.3) is 0 Å². The summed E-state index contributed by atoms with van der Waals surface area (Å²) in [5.41, 5.74) is 1.69. The predicted molar refractivity (Wildman–Crippen MR) is 166 cm³/mol. The van der Waals surface area contributed by atoms with Crippen LogP contribution in [0.1, 0.15) is 34.8 Å². The molecule has 5 rings (SSSR count). The molecule has 43 heavy (non-hydrogen) atoms. The highest BCUT2D eigenvalue weighted by Gasteiger charge is 2.53. The number of ether oxygens (including phenoxy) is 3. The summed E-state index contributed by atoms with van der Waals surface area (Å²) in [4.78, 5) is 19.4. The summed E-state index contributed by atoms with van der Waals surface area (Å²) in [6.45, 7) is 0.643. The van der Waals surface area contributed by atoms with Crippen molar-refractivity contribution in [1.82, 2.24) is 5.32 Å². The Hall–Kier alpha value is -4.21. The molecule has 0 fully saturated rings. The molecule has 1 aliphatic rings. The third-order valence-electron chi connectivity index (χ3n) is 7.18. The molecule has 0 aromatic heterocycles. The number of halogens is 2. The number of aliphatic hydroxyl groups is 1. The number of nitrogens with one attached hydrogen (secondary N) is 1. The molecule has 0 saturated carbocycles. The molecule has 1 aliphatic heterocycles. The van der Waals surface area contributed by atoms with Gasteiger partial charge < -0.3 is 24.6 Å².